The number of nitrogens with one attached hydrogen (secondary N) is 1. The van der Waals surface area contributed by atoms with Crippen molar-refractivity contribution in [3.63, 3.8) is 0 Å². The van der Waals surface area contributed by atoms with Gasteiger partial charge in [-0.25, -0.2) is 17.9 Å². The fourth-order valence-electron chi connectivity index (χ4n) is 1.67. The zero-order chi connectivity index (χ0) is 16.6. The Labute approximate surface area is 131 Å². The Morgan fingerprint density at radius 1 is 1.23 bits per heavy atom. The number of benzene rings is 1. The molecule has 0 aliphatic carbocycles. The van der Waals surface area contributed by atoms with E-state index in [-0.39, 0.29) is 4.90 Å². The maximum Gasteiger partial charge on any atom is 0.337 e. The van der Waals surface area contributed by atoms with Crippen LogP contribution in [0, 0.1) is 5.92 Å². The second kappa shape index (κ2) is 8.87. The quantitative estimate of drug-likeness (QED) is 0.552. The normalized spacial score (nSPS) is 11.6. The molecule has 0 unspecified atom stereocenters. The molecule has 0 aliphatic heterocycles. The van der Waals surface area contributed by atoms with Crippen LogP contribution in [0.2, 0.25) is 0 Å². The van der Waals surface area contributed by atoms with E-state index in [4.69, 9.17) is 4.74 Å². The van der Waals surface area contributed by atoms with Crippen molar-refractivity contribution >= 4 is 16.0 Å². The molecule has 1 aromatic carbocycles. The summed E-state index contributed by atoms with van der Waals surface area (Å²) in [4.78, 5) is 11.4. The van der Waals surface area contributed by atoms with Crippen molar-refractivity contribution in [1.82, 2.24) is 4.72 Å². The first-order chi connectivity index (χ1) is 10.4. The largest absolute Gasteiger partial charge is 0.465 e. The molecule has 7 heteroatoms. The average molecular weight is 329 g/mol. The molecule has 124 valence electrons. The fraction of sp³-hybridized carbons (Fsp3) is 0.533. The molecular weight excluding hydrogens is 306 g/mol. The van der Waals surface area contributed by atoms with Gasteiger partial charge in [0.1, 0.15) is 0 Å². The van der Waals surface area contributed by atoms with Gasteiger partial charge in [-0.15, -0.1) is 0 Å². The molecule has 6 nitrogen and oxygen atoms in total. The van der Waals surface area contributed by atoms with Crippen LogP contribution in [0.1, 0.15) is 30.6 Å². The van der Waals surface area contributed by atoms with Crippen molar-refractivity contribution < 1.29 is 22.7 Å². The molecule has 0 saturated carbocycles. The van der Waals surface area contributed by atoms with Gasteiger partial charge in [-0.2, -0.15) is 0 Å². The minimum absolute atomic E-state index is 0.114. The van der Waals surface area contributed by atoms with E-state index in [1.807, 2.05) is 0 Å². The average Bonchev–Trinajstić information content (AvgIpc) is 2.49. The summed E-state index contributed by atoms with van der Waals surface area (Å²) < 4.78 is 36.6. The van der Waals surface area contributed by atoms with Crippen LogP contribution in [0.25, 0.3) is 0 Å². The second-order valence-electron chi connectivity index (χ2n) is 5.24. The van der Waals surface area contributed by atoms with Crippen LogP contribution in [-0.4, -0.2) is 41.3 Å². The van der Waals surface area contributed by atoms with Crippen LogP contribution in [0.15, 0.2) is 29.2 Å². The first kappa shape index (κ1) is 18.6. The zero-order valence-electron chi connectivity index (χ0n) is 13.2. The van der Waals surface area contributed by atoms with Gasteiger partial charge in [-0.3, -0.25) is 0 Å². The molecule has 0 aromatic heterocycles. The van der Waals surface area contributed by atoms with E-state index < -0.39 is 16.0 Å². The third-order valence-corrected chi connectivity index (χ3v) is 4.27. The number of sulfonamides is 1. The topological polar surface area (TPSA) is 81.7 Å². The molecule has 22 heavy (non-hydrogen) atoms. The van der Waals surface area contributed by atoms with Crippen LogP contribution < -0.4 is 4.72 Å². The summed E-state index contributed by atoms with van der Waals surface area (Å²) in [5, 5.41) is 0. The summed E-state index contributed by atoms with van der Waals surface area (Å²) in [6.45, 7) is 5.60. The molecule has 0 aliphatic rings. The van der Waals surface area contributed by atoms with Gasteiger partial charge in [0.15, 0.2) is 0 Å². The molecular formula is C15H23NO5S. The van der Waals surface area contributed by atoms with E-state index in [1.165, 1.54) is 31.4 Å². The van der Waals surface area contributed by atoms with E-state index in [0.29, 0.717) is 37.7 Å². The highest BCUT2D eigenvalue weighted by atomic mass is 32.2. The number of esters is 1. The molecule has 1 rings (SSSR count). The predicted molar refractivity (Wildman–Crippen MR) is 83.2 cm³/mol. The predicted octanol–water partition coefficient (Wildman–Crippen LogP) is 1.81. The molecule has 0 fully saturated rings. The maximum atomic E-state index is 12.1. The molecule has 0 bridgehead atoms. The van der Waals surface area contributed by atoms with Gasteiger partial charge in [0, 0.05) is 19.8 Å². The summed E-state index contributed by atoms with van der Waals surface area (Å²) in [6, 6.07) is 5.60. The van der Waals surface area contributed by atoms with Crippen molar-refractivity contribution in [1.29, 1.82) is 0 Å². The van der Waals surface area contributed by atoms with Gasteiger partial charge in [-0.1, -0.05) is 13.8 Å². The Bertz CT molecular complexity index is 566. The number of rotatable bonds is 9. The Morgan fingerprint density at radius 3 is 2.41 bits per heavy atom. The van der Waals surface area contributed by atoms with Crippen molar-refractivity contribution in [2.45, 2.75) is 25.2 Å². The van der Waals surface area contributed by atoms with E-state index in [0.717, 1.165) is 0 Å². The van der Waals surface area contributed by atoms with E-state index >= 15 is 0 Å². The summed E-state index contributed by atoms with van der Waals surface area (Å²) in [7, 11) is -2.30. The summed E-state index contributed by atoms with van der Waals surface area (Å²) in [5.74, 6) is -0.0378. The Kier molecular flexibility index (Phi) is 7.50. The number of hydrogen-bond donors (Lipinski definition) is 1. The summed E-state index contributed by atoms with van der Waals surface area (Å²) in [5.41, 5.74) is 0.309. The Balaban J connectivity index is 2.47. The lowest BCUT2D eigenvalue weighted by Crippen LogP contribution is -2.25. The van der Waals surface area contributed by atoms with Crippen molar-refractivity contribution in [2.24, 2.45) is 5.92 Å². The zero-order valence-corrected chi connectivity index (χ0v) is 14.0. The maximum absolute atomic E-state index is 12.1. The van der Waals surface area contributed by atoms with E-state index in [9.17, 15) is 13.2 Å². The van der Waals surface area contributed by atoms with Gasteiger partial charge < -0.3 is 9.47 Å². The molecule has 0 heterocycles. The summed E-state index contributed by atoms with van der Waals surface area (Å²) in [6.07, 6.45) is 0.603. The molecule has 0 radical (unpaired) electrons. The SMILES string of the molecule is COC(=O)c1ccc(S(=O)(=O)NCCCOCC(C)C)cc1. The number of carbonyl (C=O) groups excluding carboxylic acids is 1. The lowest BCUT2D eigenvalue weighted by molar-refractivity contribution is 0.0600. The molecule has 0 spiro atoms. The minimum atomic E-state index is -3.57. The second-order valence-corrected chi connectivity index (χ2v) is 7.00. The molecule has 1 N–H and O–H groups in total. The molecule has 0 saturated heterocycles. The highest BCUT2D eigenvalue weighted by Gasteiger charge is 2.14. The number of hydrogen-bond acceptors (Lipinski definition) is 5. The van der Waals surface area contributed by atoms with Gasteiger partial charge in [0.05, 0.1) is 17.6 Å². The third-order valence-electron chi connectivity index (χ3n) is 2.79. The first-order valence-electron chi connectivity index (χ1n) is 7.12. The van der Waals surface area contributed by atoms with Crippen LogP contribution >= 0.6 is 0 Å². The van der Waals surface area contributed by atoms with E-state index in [1.54, 1.807) is 0 Å². The standard InChI is InChI=1S/C15H23NO5S/c1-12(2)11-21-10-4-9-16-22(18,19)14-7-5-13(6-8-14)15(17)20-3/h5-8,12,16H,4,9-11H2,1-3H3. The Morgan fingerprint density at radius 2 is 1.86 bits per heavy atom. The van der Waals surface area contributed by atoms with Gasteiger partial charge in [-0.05, 0) is 36.6 Å². The monoisotopic (exact) mass is 329 g/mol. The fourth-order valence-corrected chi connectivity index (χ4v) is 2.75. The van der Waals surface area contributed by atoms with Gasteiger partial charge >= 0.3 is 5.97 Å². The Hall–Kier alpha value is -1.44. The lowest BCUT2D eigenvalue weighted by Gasteiger charge is -2.09. The number of methoxy groups -OCH3 is 1. The molecule has 1 aromatic rings. The van der Waals surface area contributed by atoms with Gasteiger partial charge in [0.25, 0.3) is 0 Å². The highest BCUT2D eigenvalue weighted by molar-refractivity contribution is 7.89. The molecule has 0 amide bonds. The van der Waals surface area contributed by atoms with Crippen LogP contribution in [0.4, 0.5) is 0 Å². The first-order valence-corrected chi connectivity index (χ1v) is 8.61. The number of carbonyl (C=O) groups is 1. The smallest absolute Gasteiger partial charge is 0.337 e. The van der Waals surface area contributed by atoms with Crippen molar-refractivity contribution in [3.05, 3.63) is 29.8 Å². The lowest BCUT2D eigenvalue weighted by atomic mass is 10.2. The molecule has 0 atom stereocenters. The third kappa shape index (κ3) is 6.13. The summed E-state index contributed by atoms with van der Waals surface area (Å²) >= 11 is 0. The minimum Gasteiger partial charge on any atom is -0.465 e. The van der Waals surface area contributed by atoms with Gasteiger partial charge in [0.2, 0.25) is 10.0 Å². The van der Waals surface area contributed by atoms with Crippen LogP contribution in [-0.2, 0) is 19.5 Å². The van der Waals surface area contributed by atoms with Crippen molar-refractivity contribution in [2.75, 3.05) is 26.9 Å². The van der Waals surface area contributed by atoms with Crippen LogP contribution in [0.3, 0.4) is 0 Å². The van der Waals surface area contributed by atoms with E-state index in [2.05, 4.69) is 23.3 Å². The highest BCUT2D eigenvalue weighted by Crippen LogP contribution is 2.11. The van der Waals surface area contributed by atoms with Crippen molar-refractivity contribution in [3.8, 4) is 0 Å². The number of ether oxygens (including phenoxy) is 2. The van der Waals surface area contributed by atoms with Crippen LogP contribution in [0.5, 0.6) is 0 Å².